The topological polar surface area (TPSA) is 69.4 Å². The zero-order chi connectivity index (χ0) is 12.2. The normalized spacial score (nSPS) is 28.9. The van der Waals surface area contributed by atoms with Crippen LogP contribution in [0.1, 0.15) is 32.6 Å². The Morgan fingerprint density at radius 3 is 2.69 bits per heavy atom. The number of sulfone groups is 1. The highest BCUT2D eigenvalue weighted by Gasteiger charge is 2.31. The molecule has 0 saturated heterocycles. The molecule has 1 saturated carbocycles. The lowest BCUT2D eigenvalue weighted by Crippen LogP contribution is -2.39. The number of ether oxygens (including phenoxy) is 1. The second-order valence-electron chi connectivity index (χ2n) is 4.94. The molecule has 0 radical (unpaired) electrons. The first-order valence-electron chi connectivity index (χ1n) is 5.91. The van der Waals surface area contributed by atoms with Gasteiger partial charge in [0.2, 0.25) is 0 Å². The molecule has 0 bridgehead atoms. The van der Waals surface area contributed by atoms with Gasteiger partial charge in [0.05, 0.1) is 17.6 Å². The predicted molar refractivity (Wildman–Crippen MR) is 65.1 cm³/mol. The van der Waals surface area contributed by atoms with E-state index in [0.29, 0.717) is 12.5 Å². The lowest BCUT2D eigenvalue weighted by Gasteiger charge is -2.27. The van der Waals surface area contributed by atoms with Crippen molar-refractivity contribution in [2.75, 3.05) is 19.5 Å². The summed E-state index contributed by atoms with van der Waals surface area (Å²) in [5, 5.41) is -0.181. The molecule has 3 atom stereocenters. The molecular weight excluding hydrogens is 226 g/mol. The van der Waals surface area contributed by atoms with Gasteiger partial charge in [0.15, 0.2) is 9.84 Å². The lowest BCUT2D eigenvalue weighted by molar-refractivity contribution is 0.185. The Balaban J connectivity index is 2.55. The van der Waals surface area contributed by atoms with E-state index in [9.17, 15) is 8.42 Å². The summed E-state index contributed by atoms with van der Waals surface area (Å²) >= 11 is 0. The van der Waals surface area contributed by atoms with Gasteiger partial charge in [-0.2, -0.15) is 0 Å². The van der Waals surface area contributed by atoms with Gasteiger partial charge in [0.1, 0.15) is 0 Å². The quantitative estimate of drug-likeness (QED) is 0.787. The second-order valence-corrected chi connectivity index (χ2v) is 7.26. The highest BCUT2D eigenvalue weighted by molar-refractivity contribution is 7.92. The molecule has 2 N–H and O–H groups in total. The van der Waals surface area contributed by atoms with Crippen LogP contribution in [-0.4, -0.2) is 39.2 Å². The zero-order valence-corrected chi connectivity index (χ0v) is 11.0. The third-order valence-electron chi connectivity index (χ3n) is 3.22. The summed E-state index contributed by atoms with van der Waals surface area (Å²) in [6, 6.07) is -0.396. The molecule has 0 aromatic rings. The van der Waals surface area contributed by atoms with Crippen LogP contribution >= 0.6 is 0 Å². The fraction of sp³-hybridized carbons (Fsp3) is 1.00. The van der Waals surface area contributed by atoms with Crippen LogP contribution in [0.15, 0.2) is 0 Å². The largest absolute Gasteiger partial charge is 0.383 e. The smallest absolute Gasteiger partial charge is 0.154 e. The van der Waals surface area contributed by atoms with Crippen molar-refractivity contribution in [2.24, 2.45) is 11.7 Å². The van der Waals surface area contributed by atoms with Crippen LogP contribution < -0.4 is 5.73 Å². The molecule has 0 aromatic heterocycles. The van der Waals surface area contributed by atoms with Crippen LogP contribution in [0.3, 0.4) is 0 Å². The second kappa shape index (κ2) is 5.98. The fourth-order valence-electron chi connectivity index (χ4n) is 2.40. The molecule has 0 aliphatic heterocycles. The first-order chi connectivity index (χ1) is 7.45. The van der Waals surface area contributed by atoms with E-state index in [1.54, 1.807) is 0 Å². The molecular formula is C11H23NO3S. The standard InChI is InChI=1S/C11H23NO3S/c1-9-4-3-5-11(6-9)16(13,14)8-10(12)7-15-2/h9-11H,3-8,12H2,1-2H3. The van der Waals surface area contributed by atoms with E-state index in [2.05, 4.69) is 6.92 Å². The van der Waals surface area contributed by atoms with E-state index < -0.39 is 15.9 Å². The average Bonchev–Trinajstić information content (AvgIpc) is 2.17. The van der Waals surface area contributed by atoms with Crippen molar-refractivity contribution >= 4 is 9.84 Å². The molecule has 16 heavy (non-hydrogen) atoms. The van der Waals surface area contributed by atoms with E-state index in [-0.39, 0.29) is 11.0 Å². The van der Waals surface area contributed by atoms with Gasteiger partial charge in [-0.25, -0.2) is 8.42 Å². The van der Waals surface area contributed by atoms with Gasteiger partial charge in [-0.05, 0) is 18.8 Å². The molecule has 0 spiro atoms. The summed E-state index contributed by atoms with van der Waals surface area (Å²) < 4.78 is 29.0. The third-order valence-corrected chi connectivity index (χ3v) is 5.56. The number of hydrogen-bond acceptors (Lipinski definition) is 4. The predicted octanol–water partition coefficient (Wildman–Crippen LogP) is 0.954. The van der Waals surface area contributed by atoms with Crippen LogP contribution in [0, 0.1) is 5.92 Å². The van der Waals surface area contributed by atoms with E-state index >= 15 is 0 Å². The van der Waals surface area contributed by atoms with Gasteiger partial charge in [-0.15, -0.1) is 0 Å². The van der Waals surface area contributed by atoms with Crippen molar-refractivity contribution in [1.82, 2.24) is 0 Å². The Labute approximate surface area is 98.5 Å². The van der Waals surface area contributed by atoms with Gasteiger partial charge in [0.25, 0.3) is 0 Å². The van der Waals surface area contributed by atoms with E-state index in [4.69, 9.17) is 10.5 Å². The van der Waals surface area contributed by atoms with E-state index in [1.165, 1.54) is 7.11 Å². The molecule has 5 heteroatoms. The summed E-state index contributed by atoms with van der Waals surface area (Å²) in [5.41, 5.74) is 5.71. The van der Waals surface area contributed by atoms with Crippen LogP contribution in [0.4, 0.5) is 0 Å². The maximum absolute atomic E-state index is 12.1. The molecule has 0 amide bonds. The van der Waals surface area contributed by atoms with Crippen molar-refractivity contribution in [3.8, 4) is 0 Å². The van der Waals surface area contributed by atoms with Crippen molar-refractivity contribution < 1.29 is 13.2 Å². The summed E-state index contributed by atoms with van der Waals surface area (Å²) in [6.45, 7) is 2.43. The molecule has 3 unspecified atom stereocenters. The SMILES string of the molecule is COCC(N)CS(=O)(=O)C1CCCC(C)C1. The number of nitrogens with two attached hydrogens (primary N) is 1. The Morgan fingerprint density at radius 1 is 1.44 bits per heavy atom. The molecule has 1 fully saturated rings. The van der Waals surface area contributed by atoms with Gasteiger partial charge in [0, 0.05) is 13.2 Å². The Morgan fingerprint density at radius 2 is 2.12 bits per heavy atom. The molecule has 1 rings (SSSR count). The molecule has 0 aromatic carbocycles. The van der Waals surface area contributed by atoms with Crippen LogP contribution in [0.2, 0.25) is 0 Å². The third kappa shape index (κ3) is 4.03. The number of rotatable bonds is 5. The van der Waals surface area contributed by atoms with Crippen LogP contribution in [0.5, 0.6) is 0 Å². The minimum Gasteiger partial charge on any atom is -0.383 e. The maximum Gasteiger partial charge on any atom is 0.154 e. The highest BCUT2D eigenvalue weighted by atomic mass is 32.2. The van der Waals surface area contributed by atoms with E-state index in [0.717, 1.165) is 25.7 Å². The van der Waals surface area contributed by atoms with Crippen molar-refractivity contribution in [3.05, 3.63) is 0 Å². The highest BCUT2D eigenvalue weighted by Crippen LogP contribution is 2.28. The first-order valence-corrected chi connectivity index (χ1v) is 7.63. The van der Waals surface area contributed by atoms with Gasteiger partial charge in [-0.1, -0.05) is 19.8 Å². The minimum atomic E-state index is -3.04. The number of methoxy groups -OCH3 is 1. The summed E-state index contributed by atoms with van der Waals surface area (Å²) in [7, 11) is -1.51. The maximum atomic E-state index is 12.1. The minimum absolute atomic E-state index is 0.0538. The van der Waals surface area contributed by atoms with E-state index in [1.807, 2.05) is 0 Å². The summed E-state index contributed by atoms with van der Waals surface area (Å²) in [4.78, 5) is 0. The molecule has 0 heterocycles. The summed E-state index contributed by atoms with van der Waals surface area (Å²) in [6.07, 6.45) is 3.76. The summed E-state index contributed by atoms with van der Waals surface area (Å²) in [5.74, 6) is 0.574. The molecule has 96 valence electrons. The van der Waals surface area contributed by atoms with Crippen LogP contribution in [-0.2, 0) is 14.6 Å². The Hall–Kier alpha value is -0.130. The molecule has 1 aliphatic carbocycles. The number of hydrogen-bond donors (Lipinski definition) is 1. The fourth-order valence-corrected chi connectivity index (χ4v) is 4.51. The monoisotopic (exact) mass is 249 g/mol. The van der Waals surface area contributed by atoms with Gasteiger partial charge < -0.3 is 10.5 Å². The van der Waals surface area contributed by atoms with Crippen LogP contribution in [0.25, 0.3) is 0 Å². The zero-order valence-electron chi connectivity index (χ0n) is 10.2. The Bertz CT molecular complexity index is 302. The molecule has 4 nitrogen and oxygen atoms in total. The molecule has 1 aliphatic rings. The average molecular weight is 249 g/mol. The van der Waals surface area contributed by atoms with Crippen molar-refractivity contribution in [3.63, 3.8) is 0 Å². The van der Waals surface area contributed by atoms with Crippen molar-refractivity contribution in [2.45, 2.75) is 43.9 Å². The van der Waals surface area contributed by atoms with Crippen molar-refractivity contribution in [1.29, 1.82) is 0 Å². The lowest BCUT2D eigenvalue weighted by atomic mass is 9.91. The Kier molecular flexibility index (Phi) is 5.21. The van der Waals surface area contributed by atoms with Gasteiger partial charge in [-0.3, -0.25) is 0 Å². The van der Waals surface area contributed by atoms with Gasteiger partial charge >= 0.3 is 0 Å². The first kappa shape index (κ1) is 13.9.